The molecule has 294 valence electrons. The molecule has 0 fully saturated rings. The zero-order valence-corrected chi connectivity index (χ0v) is 34.4. The molecule has 0 unspecified atom stereocenters. The van der Waals surface area contributed by atoms with E-state index in [1.165, 1.54) is 98.8 Å². The van der Waals surface area contributed by atoms with Crippen molar-refractivity contribution in [2.24, 2.45) is 0 Å². The van der Waals surface area contributed by atoms with Gasteiger partial charge in [0.1, 0.15) is 0 Å². The summed E-state index contributed by atoms with van der Waals surface area (Å²) in [6, 6.07) is 86.3. The molecule has 63 heavy (non-hydrogen) atoms. The second-order valence-corrected chi connectivity index (χ2v) is 16.5. The van der Waals surface area contributed by atoms with E-state index in [2.05, 4.69) is 250 Å². The lowest BCUT2D eigenvalue weighted by Gasteiger charge is -2.12. The van der Waals surface area contributed by atoms with Gasteiger partial charge in [0.15, 0.2) is 0 Å². The van der Waals surface area contributed by atoms with Crippen LogP contribution in [0.5, 0.6) is 0 Å². The summed E-state index contributed by atoms with van der Waals surface area (Å²) in [5.74, 6) is 0. The fourth-order valence-corrected chi connectivity index (χ4v) is 10.2. The van der Waals surface area contributed by atoms with Crippen molar-refractivity contribution in [2.75, 3.05) is 0 Å². The molecule has 0 saturated carbocycles. The minimum absolute atomic E-state index is 1.14. The van der Waals surface area contributed by atoms with Crippen LogP contribution < -0.4 is 0 Å². The van der Waals surface area contributed by atoms with Crippen LogP contribution in [0.25, 0.3) is 116 Å². The van der Waals surface area contributed by atoms with E-state index in [9.17, 15) is 0 Å². The predicted molar refractivity (Wildman–Crippen MR) is 266 cm³/mol. The van der Waals surface area contributed by atoms with Gasteiger partial charge in [0.2, 0.25) is 0 Å². The molecular formula is C60H39N3. The molecule has 0 aliphatic carbocycles. The Labute approximate surface area is 364 Å². The van der Waals surface area contributed by atoms with Crippen molar-refractivity contribution in [1.82, 2.24) is 13.7 Å². The quantitative estimate of drug-likeness (QED) is 0.159. The number of fused-ring (bicyclic) bond motifs is 9. The maximum absolute atomic E-state index is 2.43. The van der Waals surface area contributed by atoms with Gasteiger partial charge in [0.25, 0.3) is 0 Å². The first kappa shape index (κ1) is 35.4. The molecule has 3 aromatic heterocycles. The number of aromatic nitrogens is 3. The van der Waals surface area contributed by atoms with Crippen LogP contribution in [0.3, 0.4) is 0 Å². The maximum Gasteiger partial charge on any atom is 0.0547 e. The first-order chi connectivity index (χ1) is 31.3. The minimum Gasteiger partial charge on any atom is -0.309 e. The van der Waals surface area contributed by atoms with Crippen molar-refractivity contribution < 1.29 is 0 Å². The second kappa shape index (κ2) is 14.1. The van der Waals surface area contributed by atoms with Crippen LogP contribution in [-0.2, 0) is 0 Å². The zero-order valence-electron chi connectivity index (χ0n) is 34.4. The van der Waals surface area contributed by atoms with E-state index in [4.69, 9.17) is 0 Å². The van der Waals surface area contributed by atoms with Crippen LogP contribution in [0, 0.1) is 0 Å². The lowest BCUT2D eigenvalue weighted by molar-refractivity contribution is 1.18. The lowest BCUT2D eigenvalue weighted by Crippen LogP contribution is -1.94. The third kappa shape index (κ3) is 5.53. The van der Waals surface area contributed by atoms with E-state index < -0.39 is 0 Å². The molecule has 10 aromatic carbocycles. The zero-order chi connectivity index (χ0) is 41.4. The van der Waals surface area contributed by atoms with Crippen LogP contribution in [0.1, 0.15) is 0 Å². The molecule has 0 amide bonds. The predicted octanol–water partition coefficient (Wildman–Crippen LogP) is 16.0. The Morgan fingerprint density at radius 3 is 1.08 bits per heavy atom. The van der Waals surface area contributed by atoms with Crippen molar-refractivity contribution in [3.63, 3.8) is 0 Å². The topological polar surface area (TPSA) is 14.8 Å². The summed E-state index contributed by atoms with van der Waals surface area (Å²) in [6.07, 6.45) is 0. The third-order valence-corrected chi connectivity index (χ3v) is 13.1. The molecule has 0 radical (unpaired) electrons. The van der Waals surface area contributed by atoms with Gasteiger partial charge in [-0.1, -0.05) is 164 Å². The molecule has 3 heteroatoms. The summed E-state index contributed by atoms with van der Waals surface area (Å²) < 4.78 is 7.19. The van der Waals surface area contributed by atoms with Crippen molar-refractivity contribution in [1.29, 1.82) is 0 Å². The molecule has 3 heterocycles. The molecule has 0 spiro atoms. The molecule has 13 aromatic rings. The molecule has 0 aliphatic heterocycles. The number of para-hydroxylation sites is 5. The lowest BCUT2D eigenvalue weighted by atomic mass is 9.98. The van der Waals surface area contributed by atoms with Crippen molar-refractivity contribution >= 4 is 65.4 Å². The number of hydrogen-bond acceptors (Lipinski definition) is 0. The highest BCUT2D eigenvalue weighted by Crippen LogP contribution is 2.41. The van der Waals surface area contributed by atoms with E-state index in [1.54, 1.807) is 0 Å². The summed E-state index contributed by atoms with van der Waals surface area (Å²) in [5.41, 5.74) is 17.9. The Balaban J connectivity index is 0.849. The van der Waals surface area contributed by atoms with E-state index in [1.807, 2.05) is 0 Å². The highest BCUT2D eigenvalue weighted by Gasteiger charge is 2.19. The molecule has 13 rings (SSSR count). The Kier molecular flexibility index (Phi) is 7.91. The molecule has 0 atom stereocenters. The molecular weight excluding hydrogens is 763 g/mol. The van der Waals surface area contributed by atoms with Crippen LogP contribution >= 0.6 is 0 Å². The van der Waals surface area contributed by atoms with Crippen LogP contribution in [0.2, 0.25) is 0 Å². The summed E-state index contributed by atoms with van der Waals surface area (Å²) in [7, 11) is 0. The van der Waals surface area contributed by atoms with Gasteiger partial charge in [-0.2, -0.15) is 0 Å². The van der Waals surface area contributed by atoms with Crippen LogP contribution in [0.4, 0.5) is 0 Å². The van der Waals surface area contributed by atoms with Crippen molar-refractivity contribution in [2.45, 2.75) is 0 Å². The molecule has 0 bridgehead atoms. The minimum atomic E-state index is 1.14. The Morgan fingerprint density at radius 1 is 0.206 bits per heavy atom. The molecule has 0 saturated heterocycles. The van der Waals surface area contributed by atoms with Gasteiger partial charge in [-0.15, -0.1) is 0 Å². The van der Waals surface area contributed by atoms with Gasteiger partial charge in [0.05, 0.1) is 33.1 Å². The fourth-order valence-electron chi connectivity index (χ4n) is 10.2. The van der Waals surface area contributed by atoms with Gasteiger partial charge in [-0.05, 0) is 106 Å². The maximum atomic E-state index is 2.43. The largest absolute Gasteiger partial charge is 0.309 e. The summed E-state index contributed by atoms with van der Waals surface area (Å²) in [4.78, 5) is 0. The van der Waals surface area contributed by atoms with Gasteiger partial charge >= 0.3 is 0 Å². The van der Waals surface area contributed by atoms with Crippen molar-refractivity contribution in [3.8, 4) is 50.4 Å². The summed E-state index contributed by atoms with van der Waals surface area (Å²) in [6.45, 7) is 0. The van der Waals surface area contributed by atoms with Gasteiger partial charge in [-0.25, -0.2) is 0 Å². The van der Waals surface area contributed by atoms with Crippen LogP contribution in [0.15, 0.2) is 237 Å². The smallest absolute Gasteiger partial charge is 0.0547 e. The number of rotatable bonds is 6. The second-order valence-electron chi connectivity index (χ2n) is 16.5. The Morgan fingerprint density at radius 2 is 0.556 bits per heavy atom. The van der Waals surface area contributed by atoms with E-state index in [-0.39, 0.29) is 0 Å². The van der Waals surface area contributed by atoms with Gasteiger partial charge in [-0.3, -0.25) is 0 Å². The highest BCUT2D eigenvalue weighted by molar-refractivity contribution is 6.17. The number of benzene rings is 10. The Hall–Kier alpha value is -8.40. The summed E-state index contributed by atoms with van der Waals surface area (Å²) in [5, 5.41) is 7.57. The standard InChI is InChI=1S/C60H39N3/c1-2-13-45(14-3-1)62-57-23-11-7-18-53(57)60-48(19-12-24-58(60)62)44-33-38-52-51-17-6-10-22-56(51)63(59(52)39-44)47-36-31-43(32-37-47)41-27-25-40(26-28-41)42-29-34-46(35-30-42)61-54-20-8-4-15-49(54)50-16-5-9-21-55(50)61/h1-39H. The first-order valence-electron chi connectivity index (χ1n) is 21.7. The molecule has 0 N–H and O–H groups in total. The van der Waals surface area contributed by atoms with E-state index >= 15 is 0 Å². The average molecular weight is 802 g/mol. The van der Waals surface area contributed by atoms with Gasteiger partial charge in [0, 0.05) is 49.4 Å². The molecule has 3 nitrogen and oxygen atoms in total. The average Bonchev–Trinajstić information content (AvgIpc) is 4.00. The fraction of sp³-hybridized carbons (Fsp3) is 0. The monoisotopic (exact) mass is 801 g/mol. The SMILES string of the molecule is c1ccc(-n2c3ccccc3c3c(-c4ccc5c6ccccc6n(-c6ccc(-c7ccc(-c8ccc(-n9c%10ccccc%10c%10ccccc%109)cc8)cc7)cc6)c5c4)cccc32)cc1. The number of nitrogens with zero attached hydrogens (tertiary/aromatic N) is 3. The third-order valence-electron chi connectivity index (χ3n) is 13.1. The van der Waals surface area contributed by atoms with E-state index in [0.717, 1.165) is 17.1 Å². The van der Waals surface area contributed by atoms with E-state index in [0.29, 0.717) is 0 Å². The van der Waals surface area contributed by atoms with Gasteiger partial charge < -0.3 is 13.7 Å². The normalized spacial score (nSPS) is 11.8. The highest BCUT2D eigenvalue weighted by atomic mass is 15.0. The first-order valence-corrected chi connectivity index (χ1v) is 21.7. The molecule has 0 aliphatic rings. The van der Waals surface area contributed by atoms with Crippen LogP contribution in [-0.4, -0.2) is 13.7 Å². The van der Waals surface area contributed by atoms with Crippen molar-refractivity contribution in [3.05, 3.63) is 237 Å². The summed E-state index contributed by atoms with van der Waals surface area (Å²) >= 11 is 0. The number of hydrogen-bond donors (Lipinski definition) is 0. The Bertz CT molecular complexity index is 3810.